The molecule has 2 N–H and O–H groups in total. The molecule has 6 heteroatoms. The summed E-state index contributed by atoms with van der Waals surface area (Å²) in [5.41, 5.74) is 3.86. The maximum absolute atomic E-state index is 13.4. The van der Waals surface area contributed by atoms with Gasteiger partial charge < -0.3 is 5.32 Å². The van der Waals surface area contributed by atoms with Crippen molar-refractivity contribution in [3.63, 3.8) is 0 Å². The van der Waals surface area contributed by atoms with E-state index in [1.165, 1.54) is 6.07 Å². The monoisotopic (exact) mass is 351 g/mol. The lowest BCUT2D eigenvalue weighted by Gasteiger charge is -2.07. The summed E-state index contributed by atoms with van der Waals surface area (Å²) in [6.45, 7) is 0. The van der Waals surface area contributed by atoms with E-state index >= 15 is 0 Å². The molecule has 0 spiro atoms. The second kappa shape index (κ2) is 7.12. The van der Waals surface area contributed by atoms with Gasteiger partial charge in [-0.15, -0.1) is 0 Å². The maximum atomic E-state index is 13.4. The van der Waals surface area contributed by atoms with Crippen molar-refractivity contribution in [2.75, 3.05) is 5.32 Å². The number of hydrogen-bond acceptors (Lipinski definition) is 2. The van der Waals surface area contributed by atoms with E-state index in [2.05, 4.69) is 31.8 Å². The minimum Gasteiger partial charge on any atom is -0.329 e. The van der Waals surface area contributed by atoms with E-state index in [0.29, 0.717) is 5.69 Å². The van der Waals surface area contributed by atoms with Crippen LogP contribution in [0.3, 0.4) is 0 Å². The van der Waals surface area contributed by atoms with Gasteiger partial charge in [-0.3, -0.25) is 5.43 Å². The Morgan fingerprint density at radius 1 is 1.20 bits per heavy atom. The van der Waals surface area contributed by atoms with E-state index in [4.69, 9.17) is 12.2 Å². The molecule has 0 amide bonds. The first-order chi connectivity index (χ1) is 9.65. The quantitative estimate of drug-likeness (QED) is 0.500. The lowest BCUT2D eigenvalue weighted by Crippen LogP contribution is -2.24. The zero-order valence-electron chi connectivity index (χ0n) is 10.3. The Morgan fingerprint density at radius 2 is 2.00 bits per heavy atom. The average molecular weight is 352 g/mol. The molecule has 0 atom stereocenters. The molecule has 102 valence electrons. The zero-order valence-corrected chi connectivity index (χ0v) is 12.7. The van der Waals surface area contributed by atoms with Gasteiger partial charge >= 0.3 is 0 Å². The zero-order chi connectivity index (χ0) is 14.4. The molecule has 0 heterocycles. The number of hydrogen-bond donors (Lipinski definition) is 2. The fourth-order valence-corrected chi connectivity index (χ4v) is 2.04. The topological polar surface area (TPSA) is 36.4 Å². The molecule has 0 unspecified atom stereocenters. The maximum Gasteiger partial charge on any atom is 0.191 e. The third-order valence-electron chi connectivity index (χ3n) is 2.35. The third kappa shape index (κ3) is 4.40. The predicted molar refractivity (Wildman–Crippen MR) is 87.5 cm³/mol. The molecule has 0 aromatic heterocycles. The molecule has 3 nitrogen and oxygen atoms in total. The fraction of sp³-hybridized carbons (Fsp3) is 0. The van der Waals surface area contributed by atoms with Gasteiger partial charge in [0.05, 0.1) is 11.9 Å². The van der Waals surface area contributed by atoms with Gasteiger partial charge in [-0.1, -0.05) is 40.2 Å². The number of para-hydroxylation sites is 1. The lowest BCUT2D eigenvalue weighted by atomic mass is 10.2. The lowest BCUT2D eigenvalue weighted by molar-refractivity contribution is 0.632. The van der Waals surface area contributed by atoms with Gasteiger partial charge in [0.2, 0.25) is 0 Å². The molecule has 0 aliphatic heterocycles. The average Bonchev–Trinajstić information content (AvgIpc) is 2.41. The summed E-state index contributed by atoms with van der Waals surface area (Å²) in [5.74, 6) is -0.368. The largest absolute Gasteiger partial charge is 0.329 e. The van der Waals surface area contributed by atoms with Crippen LogP contribution >= 0.6 is 28.1 Å². The van der Waals surface area contributed by atoms with E-state index in [1.807, 2.05) is 24.3 Å². The Kier molecular flexibility index (Phi) is 5.20. The van der Waals surface area contributed by atoms with Crippen molar-refractivity contribution >= 4 is 45.2 Å². The summed E-state index contributed by atoms with van der Waals surface area (Å²) in [7, 11) is 0. The van der Waals surface area contributed by atoms with Crippen molar-refractivity contribution in [1.29, 1.82) is 0 Å². The first-order valence-corrected chi connectivity index (χ1v) is 6.95. The molecule has 2 rings (SSSR count). The predicted octanol–water partition coefficient (Wildman–Crippen LogP) is 3.91. The summed E-state index contributed by atoms with van der Waals surface area (Å²) in [4.78, 5) is 0. The molecule has 0 aliphatic carbocycles. The van der Waals surface area contributed by atoms with Crippen molar-refractivity contribution in [3.05, 3.63) is 64.4 Å². The van der Waals surface area contributed by atoms with Crippen LogP contribution in [-0.2, 0) is 0 Å². The molecule has 20 heavy (non-hydrogen) atoms. The summed E-state index contributed by atoms with van der Waals surface area (Å²) >= 11 is 8.40. The number of halogens is 2. The van der Waals surface area contributed by atoms with Crippen LogP contribution in [0.4, 0.5) is 10.1 Å². The number of nitrogens with one attached hydrogen (secondary N) is 2. The standard InChI is InChI=1S/C14H11BrFN3S/c15-11-5-3-4-10(8-11)9-17-19-14(20)18-13-7-2-1-6-12(13)16/h1-9H,(H2,18,19,20)/b17-9-. The fourth-order valence-electron chi connectivity index (χ4n) is 1.47. The van der Waals surface area contributed by atoms with Gasteiger partial charge in [-0.2, -0.15) is 5.10 Å². The minimum absolute atomic E-state index is 0.223. The summed E-state index contributed by atoms with van der Waals surface area (Å²) < 4.78 is 14.4. The molecule has 2 aromatic rings. The molecule has 0 radical (unpaired) electrons. The molecule has 0 saturated heterocycles. The summed E-state index contributed by atoms with van der Waals surface area (Å²) in [5, 5.41) is 6.94. The van der Waals surface area contributed by atoms with Crippen molar-refractivity contribution in [2.24, 2.45) is 5.10 Å². The van der Waals surface area contributed by atoms with E-state index in [0.717, 1.165) is 10.0 Å². The van der Waals surface area contributed by atoms with Gasteiger partial charge in [-0.05, 0) is 42.0 Å². The Labute approximate surface area is 130 Å². The Bertz CT molecular complexity index is 646. The smallest absolute Gasteiger partial charge is 0.191 e. The van der Waals surface area contributed by atoms with Gasteiger partial charge in [-0.25, -0.2) is 4.39 Å². The Hall–Kier alpha value is -1.79. The van der Waals surface area contributed by atoms with Crippen LogP contribution in [0.15, 0.2) is 58.1 Å². The van der Waals surface area contributed by atoms with Crippen LogP contribution in [0.25, 0.3) is 0 Å². The molecule has 0 fully saturated rings. The van der Waals surface area contributed by atoms with Crippen molar-refractivity contribution in [1.82, 2.24) is 5.43 Å². The second-order valence-corrected chi connectivity index (χ2v) is 5.18. The van der Waals surface area contributed by atoms with Crippen LogP contribution in [0, 0.1) is 5.82 Å². The van der Waals surface area contributed by atoms with Gasteiger partial charge in [0.15, 0.2) is 5.11 Å². The first kappa shape index (κ1) is 14.6. The highest BCUT2D eigenvalue weighted by molar-refractivity contribution is 9.10. The number of anilines is 1. The van der Waals surface area contributed by atoms with Crippen molar-refractivity contribution < 1.29 is 4.39 Å². The van der Waals surface area contributed by atoms with Crippen molar-refractivity contribution in [3.8, 4) is 0 Å². The third-order valence-corrected chi connectivity index (χ3v) is 3.04. The second-order valence-electron chi connectivity index (χ2n) is 3.86. The van der Waals surface area contributed by atoms with E-state index in [-0.39, 0.29) is 10.9 Å². The number of hydrazone groups is 1. The molecule has 0 bridgehead atoms. The molecule has 0 saturated carbocycles. The van der Waals surface area contributed by atoms with Crippen molar-refractivity contribution in [2.45, 2.75) is 0 Å². The SMILES string of the molecule is Fc1ccccc1NC(=S)N/N=C\c1cccc(Br)c1. The van der Waals surface area contributed by atoms with Crippen LogP contribution in [-0.4, -0.2) is 11.3 Å². The van der Waals surface area contributed by atoms with Crippen LogP contribution in [0.1, 0.15) is 5.56 Å². The van der Waals surface area contributed by atoms with Gasteiger partial charge in [0.1, 0.15) is 5.82 Å². The van der Waals surface area contributed by atoms with E-state index < -0.39 is 0 Å². The highest BCUT2D eigenvalue weighted by atomic mass is 79.9. The number of thiocarbonyl (C=S) groups is 1. The minimum atomic E-state index is -0.368. The van der Waals surface area contributed by atoms with Crippen LogP contribution in [0.2, 0.25) is 0 Å². The number of nitrogens with zero attached hydrogens (tertiary/aromatic N) is 1. The molecule has 0 aliphatic rings. The number of benzene rings is 2. The van der Waals surface area contributed by atoms with Gasteiger partial charge in [0, 0.05) is 4.47 Å². The Balaban J connectivity index is 1.91. The molecular weight excluding hydrogens is 341 g/mol. The summed E-state index contributed by atoms with van der Waals surface area (Å²) in [6, 6.07) is 13.9. The number of rotatable bonds is 3. The highest BCUT2D eigenvalue weighted by Gasteiger charge is 2.01. The van der Waals surface area contributed by atoms with Crippen LogP contribution < -0.4 is 10.7 Å². The van der Waals surface area contributed by atoms with Crippen LogP contribution in [0.5, 0.6) is 0 Å². The van der Waals surface area contributed by atoms with Gasteiger partial charge in [0.25, 0.3) is 0 Å². The molecular formula is C14H11BrFN3S. The Morgan fingerprint density at radius 3 is 2.75 bits per heavy atom. The van der Waals surface area contributed by atoms with E-state index in [9.17, 15) is 4.39 Å². The first-order valence-electron chi connectivity index (χ1n) is 5.75. The van der Waals surface area contributed by atoms with E-state index in [1.54, 1.807) is 24.4 Å². The molecule has 2 aromatic carbocycles. The summed E-state index contributed by atoms with van der Waals surface area (Å²) in [6.07, 6.45) is 1.63. The highest BCUT2D eigenvalue weighted by Crippen LogP contribution is 2.12. The normalized spacial score (nSPS) is 10.5.